The van der Waals surface area contributed by atoms with Gasteiger partial charge in [-0.15, -0.1) is 0 Å². The lowest BCUT2D eigenvalue weighted by Gasteiger charge is -2.03. The second kappa shape index (κ2) is 7.17. The average Bonchev–Trinajstić information content (AvgIpc) is 3.07. The van der Waals surface area contributed by atoms with E-state index in [1.54, 1.807) is 54.6 Å². The third kappa shape index (κ3) is 3.31. The molecule has 1 aromatic heterocycles. The molecule has 0 fully saturated rings. The molecule has 0 aliphatic heterocycles. The molecule has 124 valence electrons. The summed E-state index contributed by atoms with van der Waals surface area (Å²) in [6, 6.07) is 15.1. The maximum atomic E-state index is 9.10. The fraction of sp³-hybridized carbons (Fsp3) is 0. The van der Waals surface area contributed by atoms with Gasteiger partial charge >= 0.3 is 0 Å². The molecule has 8 heteroatoms. The van der Waals surface area contributed by atoms with E-state index in [0.29, 0.717) is 38.3 Å². The van der Waals surface area contributed by atoms with Crippen molar-refractivity contribution in [1.29, 1.82) is 15.8 Å². The number of oxazole rings is 1. The molecule has 1 N–H and O–H groups in total. The molecule has 0 amide bonds. The molecule has 0 unspecified atom stereocenters. The van der Waals surface area contributed by atoms with Gasteiger partial charge in [-0.1, -0.05) is 23.2 Å². The van der Waals surface area contributed by atoms with Crippen LogP contribution in [-0.4, -0.2) is 4.98 Å². The summed E-state index contributed by atoms with van der Waals surface area (Å²) in [5.41, 5.74) is 1.78. The lowest BCUT2D eigenvalue weighted by Crippen LogP contribution is -2.00. The first-order chi connectivity index (χ1) is 12.5. The fourth-order valence-corrected chi connectivity index (χ4v) is 2.48. The zero-order valence-corrected chi connectivity index (χ0v) is 14.4. The largest absolute Gasteiger partial charge is 0.436 e. The van der Waals surface area contributed by atoms with Crippen LogP contribution in [0.4, 0.5) is 5.69 Å². The van der Waals surface area contributed by atoms with Crippen LogP contribution in [0, 0.1) is 34.0 Å². The first-order valence-electron chi connectivity index (χ1n) is 7.13. The summed E-state index contributed by atoms with van der Waals surface area (Å²) < 4.78 is 5.70. The van der Waals surface area contributed by atoms with Gasteiger partial charge in [0.15, 0.2) is 11.2 Å². The molecular formula is C18H7Cl2N5O. The van der Waals surface area contributed by atoms with Gasteiger partial charge in [0.2, 0.25) is 5.89 Å². The summed E-state index contributed by atoms with van der Waals surface area (Å²) in [5, 5.41) is 30.4. The molecule has 26 heavy (non-hydrogen) atoms. The highest BCUT2D eigenvalue weighted by atomic mass is 35.5. The van der Waals surface area contributed by atoms with E-state index in [4.69, 9.17) is 43.4 Å². The Labute approximate surface area is 158 Å². The number of nitriles is 3. The minimum Gasteiger partial charge on any atom is -0.436 e. The van der Waals surface area contributed by atoms with Crippen LogP contribution in [0.25, 0.3) is 22.6 Å². The van der Waals surface area contributed by atoms with Crippen molar-refractivity contribution in [2.75, 3.05) is 5.32 Å². The number of nitrogens with zero attached hydrogens (tertiary/aromatic N) is 4. The summed E-state index contributed by atoms with van der Waals surface area (Å²) >= 11 is 11.9. The van der Waals surface area contributed by atoms with Gasteiger partial charge in [-0.05, 0) is 36.4 Å². The second-order valence-corrected chi connectivity index (χ2v) is 5.86. The Kier molecular flexibility index (Phi) is 4.78. The number of nitrogens with one attached hydrogen (secondary N) is 1. The van der Waals surface area contributed by atoms with Crippen molar-refractivity contribution in [3.63, 3.8) is 0 Å². The van der Waals surface area contributed by atoms with E-state index < -0.39 is 0 Å². The number of rotatable bonds is 3. The average molecular weight is 380 g/mol. The molecule has 0 aliphatic carbocycles. The highest BCUT2D eigenvalue weighted by Crippen LogP contribution is 2.31. The van der Waals surface area contributed by atoms with Crippen LogP contribution in [0.15, 0.2) is 52.1 Å². The Morgan fingerprint density at radius 3 is 2.38 bits per heavy atom. The molecule has 3 aromatic rings. The zero-order chi connectivity index (χ0) is 18.7. The topological polar surface area (TPSA) is 109 Å². The van der Waals surface area contributed by atoms with Crippen molar-refractivity contribution in [2.45, 2.75) is 0 Å². The van der Waals surface area contributed by atoms with Gasteiger partial charge in [0.1, 0.15) is 29.4 Å². The van der Waals surface area contributed by atoms with E-state index in [1.807, 2.05) is 0 Å². The monoisotopic (exact) mass is 379 g/mol. The summed E-state index contributed by atoms with van der Waals surface area (Å²) in [4.78, 5) is 4.40. The van der Waals surface area contributed by atoms with E-state index in [1.165, 1.54) is 0 Å². The lowest BCUT2D eigenvalue weighted by molar-refractivity contribution is 0.620. The van der Waals surface area contributed by atoms with E-state index in [2.05, 4.69) is 10.3 Å². The van der Waals surface area contributed by atoms with Gasteiger partial charge in [0, 0.05) is 11.3 Å². The summed E-state index contributed by atoms with van der Waals surface area (Å²) in [6.45, 7) is 0. The molecule has 1 heterocycles. The van der Waals surface area contributed by atoms with Gasteiger partial charge in [0.25, 0.3) is 0 Å². The van der Waals surface area contributed by atoms with Crippen molar-refractivity contribution < 1.29 is 4.42 Å². The molecule has 0 bridgehead atoms. The SMILES string of the molecule is N#CC(C#N)=C(C#N)Nc1ccc2oc(-c3ccc(Cl)c(Cl)c3)nc2c1. The minimum atomic E-state index is -0.302. The number of hydrogen-bond acceptors (Lipinski definition) is 6. The summed E-state index contributed by atoms with van der Waals surface area (Å²) in [5.74, 6) is 0.363. The molecule has 2 aromatic carbocycles. The van der Waals surface area contributed by atoms with Crippen LogP contribution in [0.3, 0.4) is 0 Å². The fourth-order valence-electron chi connectivity index (χ4n) is 2.19. The smallest absolute Gasteiger partial charge is 0.227 e. The first-order valence-corrected chi connectivity index (χ1v) is 7.89. The predicted octanol–water partition coefficient (Wildman–Crippen LogP) is 5.04. The maximum Gasteiger partial charge on any atom is 0.227 e. The van der Waals surface area contributed by atoms with Crippen LogP contribution in [0.5, 0.6) is 0 Å². The van der Waals surface area contributed by atoms with Crippen LogP contribution in [-0.2, 0) is 0 Å². The van der Waals surface area contributed by atoms with Crippen molar-refractivity contribution in [2.24, 2.45) is 0 Å². The quantitative estimate of drug-likeness (QED) is 0.638. The third-order valence-corrected chi connectivity index (χ3v) is 4.15. The number of aromatic nitrogens is 1. The summed E-state index contributed by atoms with van der Waals surface area (Å²) in [7, 11) is 0. The Balaban J connectivity index is 1.99. The molecule has 0 saturated carbocycles. The Bertz CT molecular complexity index is 1160. The van der Waals surface area contributed by atoms with E-state index >= 15 is 0 Å². The highest BCUT2D eigenvalue weighted by molar-refractivity contribution is 6.42. The van der Waals surface area contributed by atoms with E-state index in [-0.39, 0.29) is 11.3 Å². The molecule has 6 nitrogen and oxygen atoms in total. The van der Waals surface area contributed by atoms with Crippen LogP contribution in [0.1, 0.15) is 0 Å². The van der Waals surface area contributed by atoms with Gasteiger partial charge in [-0.3, -0.25) is 0 Å². The van der Waals surface area contributed by atoms with Crippen molar-refractivity contribution >= 4 is 40.0 Å². The Morgan fingerprint density at radius 1 is 0.962 bits per heavy atom. The molecule has 0 spiro atoms. The van der Waals surface area contributed by atoms with Crippen molar-refractivity contribution in [3.05, 3.63) is 57.7 Å². The number of benzene rings is 2. The van der Waals surface area contributed by atoms with Gasteiger partial charge in [-0.2, -0.15) is 15.8 Å². The van der Waals surface area contributed by atoms with Gasteiger partial charge in [-0.25, -0.2) is 4.98 Å². The molecule has 0 radical (unpaired) electrons. The standard InChI is InChI=1S/C18H7Cl2N5O/c19-13-3-1-10(5-14(13)20)18-25-15-6-12(2-4-17(15)26-18)24-16(9-23)11(7-21)8-22/h1-6,24H. The zero-order valence-electron chi connectivity index (χ0n) is 12.9. The van der Waals surface area contributed by atoms with E-state index in [9.17, 15) is 0 Å². The lowest BCUT2D eigenvalue weighted by atomic mass is 10.2. The summed E-state index contributed by atoms with van der Waals surface area (Å²) in [6.07, 6.45) is 0. The molecule has 3 rings (SSSR count). The highest BCUT2D eigenvalue weighted by Gasteiger charge is 2.12. The predicted molar refractivity (Wildman–Crippen MR) is 97.0 cm³/mol. The molecule has 0 aliphatic rings. The van der Waals surface area contributed by atoms with Gasteiger partial charge in [0.05, 0.1) is 10.0 Å². The van der Waals surface area contributed by atoms with Crippen LogP contribution >= 0.6 is 23.2 Å². The number of hydrogen-bond donors (Lipinski definition) is 1. The maximum absolute atomic E-state index is 9.10. The Morgan fingerprint density at radius 2 is 1.73 bits per heavy atom. The molecule has 0 saturated heterocycles. The number of allylic oxidation sites excluding steroid dienone is 2. The van der Waals surface area contributed by atoms with E-state index in [0.717, 1.165) is 0 Å². The molecule has 0 atom stereocenters. The Hall–Kier alpha value is -3.50. The molecular weight excluding hydrogens is 373 g/mol. The van der Waals surface area contributed by atoms with Crippen molar-refractivity contribution in [3.8, 4) is 29.7 Å². The van der Waals surface area contributed by atoms with Crippen molar-refractivity contribution in [1.82, 2.24) is 4.98 Å². The van der Waals surface area contributed by atoms with Gasteiger partial charge < -0.3 is 9.73 Å². The third-order valence-electron chi connectivity index (χ3n) is 3.41. The number of fused-ring (bicyclic) bond motifs is 1. The van der Waals surface area contributed by atoms with Crippen LogP contribution in [0.2, 0.25) is 10.0 Å². The number of halogens is 2. The minimum absolute atomic E-state index is 0.137. The number of anilines is 1. The van der Waals surface area contributed by atoms with Crippen LogP contribution < -0.4 is 5.32 Å². The first kappa shape index (κ1) is 17.3. The normalized spacial score (nSPS) is 9.81. The second-order valence-electron chi connectivity index (χ2n) is 5.04.